The van der Waals surface area contributed by atoms with E-state index < -0.39 is 24.1 Å². The Balaban J connectivity index is 0.000000688. The number of H-pyrrole nitrogens is 1. The number of ether oxygens (including phenoxy) is 8. The molecule has 1 N–H and O–H groups in total. The minimum Gasteiger partial charge on any atom is -0.497 e. The van der Waals surface area contributed by atoms with E-state index in [1.807, 2.05) is 12.1 Å². The lowest BCUT2D eigenvalue weighted by molar-refractivity contribution is -0.176. The van der Waals surface area contributed by atoms with Crippen molar-refractivity contribution in [3.63, 3.8) is 0 Å². The van der Waals surface area contributed by atoms with Crippen LogP contribution in [0.15, 0.2) is 56.3 Å². The van der Waals surface area contributed by atoms with Crippen molar-refractivity contribution in [3.8, 4) is 23.0 Å². The molecule has 52 heavy (non-hydrogen) atoms. The fourth-order valence-electron chi connectivity index (χ4n) is 7.88. The van der Waals surface area contributed by atoms with Crippen molar-refractivity contribution in [2.24, 2.45) is 17.8 Å². The Hall–Kier alpha value is -5.01. The summed E-state index contributed by atoms with van der Waals surface area (Å²) in [4.78, 5) is 42.9. The minimum atomic E-state index is -0.670. The van der Waals surface area contributed by atoms with Crippen molar-refractivity contribution < 1.29 is 52.3 Å². The molecule has 13 heteroatoms. The Morgan fingerprint density at radius 1 is 0.923 bits per heavy atom. The molecule has 1 saturated heterocycles. The predicted octanol–water partition coefficient (Wildman–Crippen LogP) is 5.67. The molecule has 13 nitrogen and oxygen atoms in total. The van der Waals surface area contributed by atoms with Gasteiger partial charge >= 0.3 is 17.9 Å². The maximum Gasteiger partial charge on any atom is 0.338 e. The zero-order valence-corrected chi connectivity index (χ0v) is 31.0. The zero-order chi connectivity index (χ0) is 38.1. The average Bonchev–Trinajstić information content (AvgIpc) is 3.54. The SMILES string of the molecule is C=C.C=COC(C)=O.COC(=O)[C@H]1[C@H]2C[C@@H]3c4[nH]c5cc(OC)ccc5c4CCN3C[C@H]2C[C@@H](OC(=O)c2cc(OC)c(OC)c(OC)c2)[C@@H]1OC. The average molecular weight is 723 g/mol. The molecule has 0 amide bonds. The van der Waals surface area contributed by atoms with Crippen LogP contribution in [0.4, 0.5) is 0 Å². The number of esters is 3. The summed E-state index contributed by atoms with van der Waals surface area (Å²) in [7, 11) is 9.10. The highest BCUT2D eigenvalue weighted by molar-refractivity contribution is 5.91. The topological polar surface area (TPSA) is 144 Å². The van der Waals surface area contributed by atoms with Gasteiger partial charge in [0.15, 0.2) is 11.5 Å². The first kappa shape index (κ1) is 39.8. The second-order valence-electron chi connectivity index (χ2n) is 12.5. The van der Waals surface area contributed by atoms with Crippen molar-refractivity contribution in [3.05, 3.63) is 73.2 Å². The highest BCUT2D eigenvalue weighted by Crippen LogP contribution is 2.51. The Labute approximate surface area is 304 Å². The molecule has 1 aromatic heterocycles. The Morgan fingerprint density at radius 2 is 1.62 bits per heavy atom. The number of benzene rings is 2. The van der Waals surface area contributed by atoms with Gasteiger partial charge in [0.1, 0.15) is 18.0 Å². The summed E-state index contributed by atoms with van der Waals surface area (Å²) in [5, 5.41) is 1.21. The second kappa shape index (κ2) is 18.0. The van der Waals surface area contributed by atoms with Crippen molar-refractivity contribution in [1.82, 2.24) is 9.88 Å². The molecule has 0 bridgehead atoms. The van der Waals surface area contributed by atoms with E-state index in [-0.39, 0.29) is 35.4 Å². The quantitative estimate of drug-likeness (QED) is 0.126. The van der Waals surface area contributed by atoms with E-state index in [0.717, 1.165) is 43.5 Å². The zero-order valence-electron chi connectivity index (χ0n) is 31.0. The summed E-state index contributed by atoms with van der Waals surface area (Å²) in [6, 6.07) is 9.40. The Bertz CT molecular complexity index is 1710. The third-order valence-corrected chi connectivity index (χ3v) is 10.0. The van der Waals surface area contributed by atoms with E-state index in [9.17, 15) is 14.4 Å². The summed E-state index contributed by atoms with van der Waals surface area (Å²) in [6.07, 6.45) is 2.02. The van der Waals surface area contributed by atoms with E-state index in [1.165, 1.54) is 52.0 Å². The standard InChI is InChI=1S/C33H40N2O9.C4H6O2.C2H4/c1-38-19-7-8-20-21-9-10-35-16-18-13-27(44-32(36)17-11-25(39-2)30(41-4)26(12-17)40-3)31(42-5)28(33(37)43-6)22(18)15-24(35)29(21)34-23(20)14-19;1-3-6-4(2)5;1-2/h7-8,11-12,14,18,22,24,27-28,31,34H,9-10,13,15-16H2,1-6H3;3H,1H2,2H3;1-2H2/t18-,22+,24-,27-,28+,31+;;/m1../s1. The van der Waals surface area contributed by atoms with Gasteiger partial charge in [0.25, 0.3) is 0 Å². The van der Waals surface area contributed by atoms with E-state index in [2.05, 4.69) is 40.4 Å². The predicted molar refractivity (Wildman–Crippen MR) is 194 cm³/mol. The molecule has 0 spiro atoms. The normalized spacial score (nSPS) is 23.0. The van der Waals surface area contributed by atoms with Gasteiger partial charge in [0, 0.05) is 49.8 Å². The molecular weight excluding hydrogens is 672 g/mol. The molecule has 3 heterocycles. The molecule has 3 aromatic rings. The highest BCUT2D eigenvalue weighted by atomic mass is 16.6. The number of aromatic nitrogens is 1. The van der Waals surface area contributed by atoms with Crippen molar-refractivity contribution in [1.29, 1.82) is 0 Å². The number of hydrogen-bond donors (Lipinski definition) is 1. The van der Waals surface area contributed by atoms with Crippen molar-refractivity contribution in [2.45, 2.75) is 44.4 Å². The molecule has 6 rings (SSSR count). The molecule has 2 aliphatic heterocycles. The smallest absolute Gasteiger partial charge is 0.338 e. The van der Waals surface area contributed by atoms with Gasteiger partial charge < -0.3 is 42.9 Å². The number of fused-ring (bicyclic) bond motifs is 6. The van der Waals surface area contributed by atoms with Crippen molar-refractivity contribution >= 4 is 28.8 Å². The van der Waals surface area contributed by atoms with Gasteiger partial charge in [-0.05, 0) is 60.9 Å². The van der Waals surface area contributed by atoms with Crippen LogP contribution in [0.25, 0.3) is 10.9 Å². The van der Waals surface area contributed by atoms with Gasteiger partial charge in [-0.1, -0.05) is 6.58 Å². The number of carbonyl (C=O) groups excluding carboxylic acids is 3. The van der Waals surface area contributed by atoms with Gasteiger partial charge in [0.05, 0.1) is 59.3 Å². The van der Waals surface area contributed by atoms with Crippen LogP contribution < -0.4 is 18.9 Å². The maximum atomic E-state index is 13.5. The molecule has 0 radical (unpaired) electrons. The number of nitrogens with one attached hydrogen (secondary N) is 1. The van der Waals surface area contributed by atoms with E-state index in [1.54, 1.807) is 26.4 Å². The highest BCUT2D eigenvalue weighted by Gasteiger charge is 2.54. The van der Waals surface area contributed by atoms with Crippen LogP contribution in [0.5, 0.6) is 23.0 Å². The monoisotopic (exact) mass is 722 g/mol. The van der Waals surface area contributed by atoms with Gasteiger partial charge in [-0.25, -0.2) is 4.79 Å². The first-order valence-electron chi connectivity index (χ1n) is 16.9. The van der Waals surface area contributed by atoms with Gasteiger partial charge in [-0.3, -0.25) is 14.5 Å². The first-order valence-corrected chi connectivity index (χ1v) is 16.9. The molecule has 1 saturated carbocycles. The fourth-order valence-corrected chi connectivity index (χ4v) is 7.88. The minimum absolute atomic E-state index is 0.0170. The number of hydrogen-bond acceptors (Lipinski definition) is 12. The molecular formula is C39H50N2O11. The lowest BCUT2D eigenvalue weighted by atomic mass is 9.63. The van der Waals surface area contributed by atoms with Crippen LogP contribution in [0.2, 0.25) is 0 Å². The van der Waals surface area contributed by atoms with E-state index in [0.29, 0.717) is 23.7 Å². The number of nitrogens with zero attached hydrogens (tertiary/aromatic N) is 1. The molecule has 282 valence electrons. The third-order valence-electron chi connectivity index (χ3n) is 10.0. The number of rotatable bonds is 9. The van der Waals surface area contributed by atoms with Crippen LogP contribution in [-0.2, 0) is 35.0 Å². The number of piperidine rings is 1. The van der Waals surface area contributed by atoms with Crippen LogP contribution in [-0.4, -0.2) is 95.7 Å². The lowest BCUT2D eigenvalue weighted by Gasteiger charge is -2.52. The van der Waals surface area contributed by atoms with Crippen molar-refractivity contribution in [2.75, 3.05) is 55.7 Å². The van der Waals surface area contributed by atoms with Gasteiger partial charge in [-0.15, -0.1) is 13.2 Å². The molecule has 2 aromatic carbocycles. The number of methoxy groups -OCH3 is 6. The summed E-state index contributed by atoms with van der Waals surface area (Å²) >= 11 is 0. The largest absolute Gasteiger partial charge is 0.497 e. The molecule has 0 unspecified atom stereocenters. The van der Waals surface area contributed by atoms with Crippen LogP contribution in [0.3, 0.4) is 0 Å². The third kappa shape index (κ3) is 8.05. The van der Waals surface area contributed by atoms with Gasteiger partial charge in [0.2, 0.25) is 5.75 Å². The van der Waals surface area contributed by atoms with E-state index >= 15 is 0 Å². The molecule has 6 atom stereocenters. The number of carbonyl (C=O) groups is 3. The van der Waals surface area contributed by atoms with Crippen LogP contribution in [0, 0.1) is 17.8 Å². The Kier molecular flexibility index (Phi) is 13.7. The van der Waals surface area contributed by atoms with E-state index in [4.69, 9.17) is 33.2 Å². The maximum absolute atomic E-state index is 13.5. The summed E-state index contributed by atoms with van der Waals surface area (Å²) < 4.78 is 43.3. The summed E-state index contributed by atoms with van der Waals surface area (Å²) in [5.41, 5.74) is 3.83. The summed E-state index contributed by atoms with van der Waals surface area (Å²) in [6.45, 7) is 12.2. The molecule has 1 aliphatic carbocycles. The van der Waals surface area contributed by atoms with Gasteiger partial charge in [-0.2, -0.15) is 0 Å². The second-order valence-corrected chi connectivity index (χ2v) is 12.5. The lowest BCUT2D eigenvalue weighted by Crippen LogP contribution is -2.58. The van der Waals surface area contributed by atoms with Crippen LogP contribution in [0.1, 0.15) is 47.4 Å². The Morgan fingerprint density at radius 3 is 2.15 bits per heavy atom. The molecule has 3 aliphatic rings. The molecule has 2 fully saturated rings. The number of aromatic amines is 1. The first-order chi connectivity index (χ1) is 25.1. The summed E-state index contributed by atoms with van der Waals surface area (Å²) in [5.74, 6) is 0.112. The fraction of sp³-hybridized carbons (Fsp3) is 0.462. The van der Waals surface area contributed by atoms with Crippen LogP contribution >= 0.6 is 0 Å².